The molecule has 0 heterocycles. The van der Waals surface area contributed by atoms with Crippen LogP contribution in [0.25, 0.3) is 0 Å². The number of aliphatic hydroxyl groups is 1. The normalized spacial score (nSPS) is 13.3. The second-order valence-electron chi connectivity index (χ2n) is 1.48. The second kappa shape index (κ2) is 8.90. The molecule has 0 saturated carbocycles. The molecule has 68 valence electrons. The Labute approximate surface area is 74.1 Å². The van der Waals surface area contributed by atoms with E-state index in [2.05, 4.69) is 4.52 Å². The van der Waals surface area contributed by atoms with Gasteiger partial charge < -0.3 is 14.5 Å². The third-order valence-corrected chi connectivity index (χ3v) is 3.45. The van der Waals surface area contributed by atoms with Crippen LogP contribution in [0, 0.1) is 0 Å². The van der Waals surface area contributed by atoms with Crippen LogP contribution in [0.5, 0.6) is 0 Å². The Hall–Kier alpha value is 0.810. The van der Waals surface area contributed by atoms with Crippen molar-refractivity contribution in [2.24, 2.45) is 0 Å². The monoisotopic (exact) mass is 218 g/mol. The molecule has 0 aromatic heterocycles. The summed E-state index contributed by atoms with van der Waals surface area (Å²) in [7, 11) is 0.288. The van der Waals surface area contributed by atoms with Crippen molar-refractivity contribution in [3.63, 3.8) is 0 Å². The Kier molecular flexibility index (Phi) is 9.56. The van der Waals surface area contributed by atoms with Gasteiger partial charge in [-0.25, -0.2) is 0 Å². The quantitative estimate of drug-likeness (QED) is 0.373. The molecule has 0 fully saturated rings. The Morgan fingerprint density at radius 2 is 2.00 bits per heavy atom. The third kappa shape index (κ3) is 10.8. The van der Waals surface area contributed by atoms with E-state index in [-0.39, 0.29) is 13.2 Å². The largest absolute Gasteiger partial charge is 0.395 e. The summed E-state index contributed by atoms with van der Waals surface area (Å²) in [6, 6.07) is 0. The highest BCUT2D eigenvalue weighted by Crippen LogP contribution is 2.22. The molecule has 0 rings (SSSR count). The summed E-state index contributed by atoms with van der Waals surface area (Å²) in [6.07, 6.45) is 0. The van der Waals surface area contributed by atoms with Gasteiger partial charge in [-0.2, -0.15) is 0 Å². The molecular weight excluding hydrogens is 207 g/mol. The molecule has 0 aliphatic rings. The highest BCUT2D eigenvalue weighted by atomic mass is 33.1. The summed E-state index contributed by atoms with van der Waals surface area (Å²) in [5.74, 6) is 1.35. The maximum Gasteiger partial charge on any atom is 0.316 e. The van der Waals surface area contributed by atoms with Gasteiger partial charge in [0.2, 0.25) is 0 Å². The number of hydrogen-bond acceptors (Lipinski definition) is 5. The average Bonchev–Trinajstić information content (AvgIpc) is 1.96. The molecule has 0 radical (unpaired) electrons. The lowest BCUT2D eigenvalue weighted by Gasteiger charge is -1.98. The van der Waals surface area contributed by atoms with Gasteiger partial charge in [0.1, 0.15) is 0 Å². The lowest BCUT2D eigenvalue weighted by atomic mass is 10.9. The van der Waals surface area contributed by atoms with Gasteiger partial charge in [-0.15, -0.1) is 0 Å². The van der Waals surface area contributed by atoms with Gasteiger partial charge >= 0.3 is 8.25 Å². The van der Waals surface area contributed by atoms with Gasteiger partial charge in [-0.1, -0.05) is 21.6 Å². The topological polar surface area (TPSA) is 66.8 Å². The zero-order valence-corrected chi connectivity index (χ0v) is 8.49. The maximum atomic E-state index is 10.00. The molecule has 0 aromatic carbocycles. The number of rotatable bonds is 7. The van der Waals surface area contributed by atoms with Gasteiger partial charge in [-0.05, 0) is 0 Å². The van der Waals surface area contributed by atoms with Crippen LogP contribution in [0.3, 0.4) is 0 Å². The van der Waals surface area contributed by atoms with Crippen molar-refractivity contribution in [2.75, 3.05) is 24.7 Å². The number of aliphatic hydroxyl groups excluding tert-OH is 1. The first-order valence-electron chi connectivity index (χ1n) is 2.98. The zero-order chi connectivity index (χ0) is 8.53. The van der Waals surface area contributed by atoms with Crippen molar-refractivity contribution < 1.29 is 19.1 Å². The fourth-order valence-electron chi connectivity index (χ4n) is 0.318. The predicted molar refractivity (Wildman–Crippen MR) is 49.2 cm³/mol. The number of hydrogen-bond donors (Lipinski definition) is 2. The fourth-order valence-corrected chi connectivity index (χ4v) is 2.34. The Morgan fingerprint density at radius 1 is 1.36 bits per heavy atom. The lowest BCUT2D eigenvalue weighted by molar-refractivity contribution is 0.300. The van der Waals surface area contributed by atoms with Gasteiger partial charge in [0, 0.05) is 11.5 Å². The predicted octanol–water partition coefficient (Wildman–Crippen LogP) is 0.759. The molecule has 0 bridgehead atoms. The van der Waals surface area contributed by atoms with Crippen molar-refractivity contribution >= 4 is 29.8 Å². The van der Waals surface area contributed by atoms with E-state index in [9.17, 15) is 4.57 Å². The van der Waals surface area contributed by atoms with Crippen LogP contribution < -0.4 is 0 Å². The molecule has 2 N–H and O–H groups in total. The van der Waals surface area contributed by atoms with Crippen molar-refractivity contribution in [3.05, 3.63) is 0 Å². The van der Waals surface area contributed by atoms with Crippen LogP contribution in [0.15, 0.2) is 0 Å². The summed E-state index contributed by atoms with van der Waals surface area (Å²) >= 11 is 0. The third-order valence-electron chi connectivity index (χ3n) is 0.650. The molecule has 0 aliphatic carbocycles. The first kappa shape index (κ1) is 11.8. The van der Waals surface area contributed by atoms with E-state index >= 15 is 0 Å². The van der Waals surface area contributed by atoms with Gasteiger partial charge in [0.25, 0.3) is 0 Å². The van der Waals surface area contributed by atoms with Gasteiger partial charge in [0.05, 0.1) is 13.2 Å². The molecule has 0 saturated heterocycles. The van der Waals surface area contributed by atoms with E-state index in [0.29, 0.717) is 11.5 Å². The van der Waals surface area contributed by atoms with Crippen LogP contribution in [-0.2, 0) is 9.09 Å². The van der Waals surface area contributed by atoms with Crippen LogP contribution in [0.1, 0.15) is 0 Å². The fraction of sp³-hybridized carbons (Fsp3) is 1.00. The van der Waals surface area contributed by atoms with Crippen LogP contribution >= 0.6 is 29.8 Å². The average molecular weight is 218 g/mol. The van der Waals surface area contributed by atoms with E-state index in [1.807, 2.05) is 0 Å². The first-order chi connectivity index (χ1) is 5.27. The van der Waals surface area contributed by atoms with E-state index in [0.717, 1.165) is 0 Å². The molecule has 0 spiro atoms. The van der Waals surface area contributed by atoms with Crippen molar-refractivity contribution in [2.45, 2.75) is 0 Å². The maximum absolute atomic E-state index is 10.00. The van der Waals surface area contributed by atoms with Crippen molar-refractivity contribution in [3.8, 4) is 0 Å². The summed E-state index contributed by atoms with van der Waals surface area (Å²) in [5, 5.41) is 8.36. The molecule has 1 atom stereocenters. The van der Waals surface area contributed by atoms with Crippen LogP contribution in [0.2, 0.25) is 0 Å². The lowest BCUT2D eigenvalue weighted by Crippen LogP contribution is -1.89. The van der Waals surface area contributed by atoms with Gasteiger partial charge in [0.15, 0.2) is 0 Å². The molecule has 0 aliphatic heterocycles. The van der Waals surface area contributed by atoms with Crippen molar-refractivity contribution in [1.82, 2.24) is 0 Å². The standard InChI is InChI=1S/C4H11O4PS2/c5-1-3-10-11-4-2-8-9(6)7/h5,9H,1-4H2,(H,6,7). The van der Waals surface area contributed by atoms with E-state index in [4.69, 9.17) is 10.00 Å². The minimum absolute atomic E-state index is 0.162. The summed E-state index contributed by atoms with van der Waals surface area (Å²) in [4.78, 5) is 8.22. The minimum Gasteiger partial charge on any atom is -0.395 e. The summed E-state index contributed by atoms with van der Waals surface area (Å²) in [5.41, 5.74) is 0. The molecule has 1 unspecified atom stereocenters. The van der Waals surface area contributed by atoms with E-state index in [1.165, 1.54) is 21.6 Å². The second-order valence-corrected chi connectivity index (χ2v) is 5.00. The Bertz CT molecular complexity index is 112. The summed E-state index contributed by atoms with van der Waals surface area (Å²) in [6.45, 7) is 0.451. The Morgan fingerprint density at radius 3 is 2.55 bits per heavy atom. The smallest absolute Gasteiger partial charge is 0.316 e. The molecule has 0 aromatic rings. The molecular formula is C4H11O4PS2. The first-order valence-corrected chi connectivity index (χ1v) is 6.73. The Balaban J connectivity index is 2.85. The molecule has 11 heavy (non-hydrogen) atoms. The SMILES string of the molecule is O=[PH](O)OCCSSCCO. The molecule has 7 heteroatoms. The minimum atomic E-state index is -2.75. The molecule has 4 nitrogen and oxygen atoms in total. The van der Waals surface area contributed by atoms with Gasteiger partial charge in [-0.3, -0.25) is 4.57 Å². The van der Waals surface area contributed by atoms with E-state index < -0.39 is 8.25 Å². The zero-order valence-electron chi connectivity index (χ0n) is 5.86. The van der Waals surface area contributed by atoms with E-state index in [1.54, 1.807) is 0 Å². The van der Waals surface area contributed by atoms with Crippen LogP contribution in [-0.4, -0.2) is 34.7 Å². The van der Waals surface area contributed by atoms with Crippen LogP contribution in [0.4, 0.5) is 0 Å². The highest BCUT2D eigenvalue weighted by Gasteiger charge is 1.92. The molecule has 0 amide bonds. The summed E-state index contributed by atoms with van der Waals surface area (Å²) < 4.78 is 14.4. The van der Waals surface area contributed by atoms with Crippen molar-refractivity contribution in [1.29, 1.82) is 0 Å². The highest BCUT2D eigenvalue weighted by molar-refractivity contribution is 8.76.